The third-order valence-corrected chi connectivity index (χ3v) is 5.43. The summed E-state index contributed by atoms with van der Waals surface area (Å²) in [5, 5.41) is 9.48. The standard InChI is InChI=1S/C21H20N4O2S/c1-15-19(10-12-26-15)20-23-24-21(25(20)2)28-14-16-6-8-18(9-7-16)27-13-17-5-3-4-11-22-17/h3-12H,13-14H2,1-2H3. The summed E-state index contributed by atoms with van der Waals surface area (Å²) in [4.78, 5) is 4.26. The number of hydrogen-bond acceptors (Lipinski definition) is 6. The van der Waals surface area contributed by atoms with Gasteiger partial charge in [-0.1, -0.05) is 30.0 Å². The molecule has 142 valence electrons. The normalized spacial score (nSPS) is 10.9. The first-order valence-electron chi connectivity index (χ1n) is 8.89. The van der Waals surface area contributed by atoms with E-state index in [2.05, 4.69) is 27.3 Å². The van der Waals surface area contributed by atoms with Crippen molar-refractivity contribution in [3.63, 3.8) is 0 Å². The van der Waals surface area contributed by atoms with Crippen molar-refractivity contribution in [2.24, 2.45) is 7.05 Å². The highest BCUT2D eigenvalue weighted by Crippen LogP contribution is 2.28. The molecule has 0 aliphatic heterocycles. The van der Waals surface area contributed by atoms with E-state index in [-0.39, 0.29) is 0 Å². The maximum absolute atomic E-state index is 5.78. The van der Waals surface area contributed by atoms with Crippen molar-refractivity contribution in [3.8, 4) is 17.1 Å². The van der Waals surface area contributed by atoms with Gasteiger partial charge in [-0.05, 0) is 42.8 Å². The van der Waals surface area contributed by atoms with Crippen LogP contribution in [-0.2, 0) is 19.4 Å². The van der Waals surface area contributed by atoms with Crippen LogP contribution in [0, 0.1) is 6.92 Å². The summed E-state index contributed by atoms with van der Waals surface area (Å²) in [5.41, 5.74) is 3.07. The molecule has 3 heterocycles. The fraction of sp³-hybridized carbons (Fsp3) is 0.190. The molecule has 0 unspecified atom stereocenters. The molecule has 0 N–H and O–H groups in total. The number of nitrogens with zero attached hydrogens (tertiary/aromatic N) is 4. The van der Waals surface area contributed by atoms with Crippen LogP contribution < -0.4 is 4.74 Å². The van der Waals surface area contributed by atoms with Crippen molar-refractivity contribution in [1.82, 2.24) is 19.7 Å². The Kier molecular flexibility index (Phi) is 5.43. The van der Waals surface area contributed by atoms with Gasteiger partial charge in [-0.2, -0.15) is 0 Å². The Labute approximate surface area is 167 Å². The zero-order chi connectivity index (χ0) is 19.3. The van der Waals surface area contributed by atoms with Crippen LogP contribution >= 0.6 is 11.8 Å². The number of aromatic nitrogens is 4. The molecule has 6 nitrogen and oxygen atoms in total. The molecule has 4 rings (SSSR count). The Morgan fingerprint density at radius 2 is 1.93 bits per heavy atom. The number of pyridine rings is 1. The predicted octanol–water partition coefficient (Wildman–Crippen LogP) is 4.65. The van der Waals surface area contributed by atoms with Crippen molar-refractivity contribution in [2.75, 3.05) is 0 Å². The Hall–Kier alpha value is -3.06. The van der Waals surface area contributed by atoms with E-state index in [9.17, 15) is 0 Å². The first-order valence-corrected chi connectivity index (χ1v) is 9.87. The molecule has 0 saturated carbocycles. The molecule has 0 spiro atoms. The molecule has 3 aromatic heterocycles. The van der Waals surface area contributed by atoms with Gasteiger partial charge in [-0.25, -0.2) is 0 Å². The molecule has 0 saturated heterocycles. The zero-order valence-electron chi connectivity index (χ0n) is 15.7. The van der Waals surface area contributed by atoms with E-state index >= 15 is 0 Å². The highest BCUT2D eigenvalue weighted by atomic mass is 32.2. The lowest BCUT2D eigenvalue weighted by atomic mass is 10.2. The Morgan fingerprint density at radius 1 is 1.07 bits per heavy atom. The second-order valence-corrected chi connectivity index (χ2v) is 7.24. The zero-order valence-corrected chi connectivity index (χ0v) is 16.5. The molecule has 0 aliphatic rings. The van der Waals surface area contributed by atoms with Crippen LogP contribution in [0.2, 0.25) is 0 Å². The lowest BCUT2D eigenvalue weighted by molar-refractivity contribution is 0.301. The van der Waals surface area contributed by atoms with E-state index in [1.54, 1.807) is 24.2 Å². The second-order valence-electron chi connectivity index (χ2n) is 6.30. The van der Waals surface area contributed by atoms with Gasteiger partial charge in [-0.3, -0.25) is 4.98 Å². The fourth-order valence-corrected chi connectivity index (χ4v) is 3.63. The lowest BCUT2D eigenvalue weighted by Crippen LogP contribution is -1.97. The van der Waals surface area contributed by atoms with Crippen molar-refractivity contribution >= 4 is 11.8 Å². The molecule has 1 aromatic carbocycles. The Balaban J connectivity index is 1.35. The van der Waals surface area contributed by atoms with Gasteiger partial charge in [0.15, 0.2) is 11.0 Å². The van der Waals surface area contributed by atoms with Crippen molar-refractivity contribution in [3.05, 3.63) is 78.0 Å². The highest BCUT2D eigenvalue weighted by Gasteiger charge is 2.14. The third-order valence-electron chi connectivity index (χ3n) is 4.34. The van der Waals surface area contributed by atoms with Crippen LogP contribution in [0.3, 0.4) is 0 Å². The van der Waals surface area contributed by atoms with Crippen LogP contribution in [0.4, 0.5) is 0 Å². The topological polar surface area (TPSA) is 66.0 Å². The average Bonchev–Trinajstić information content (AvgIpc) is 3.31. The SMILES string of the molecule is Cc1occc1-c1nnc(SCc2ccc(OCc3ccccn3)cc2)n1C. The molecule has 0 radical (unpaired) electrons. The first-order chi connectivity index (χ1) is 13.7. The largest absolute Gasteiger partial charge is 0.487 e. The molecule has 0 amide bonds. The summed E-state index contributed by atoms with van der Waals surface area (Å²) in [6, 6.07) is 15.8. The predicted molar refractivity (Wildman–Crippen MR) is 108 cm³/mol. The smallest absolute Gasteiger partial charge is 0.191 e. The molecule has 4 aromatic rings. The van der Waals surface area contributed by atoms with Crippen LogP contribution in [0.1, 0.15) is 17.0 Å². The lowest BCUT2D eigenvalue weighted by Gasteiger charge is -2.07. The highest BCUT2D eigenvalue weighted by molar-refractivity contribution is 7.98. The summed E-state index contributed by atoms with van der Waals surface area (Å²) in [6.07, 6.45) is 3.44. The van der Waals surface area contributed by atoms with Crippen LogP contribution in [0.5, 0.6) is 5.75 Å². The summed E-state index contributed by atoms with van der Waals surface area (Å²) >= 11 is 1.65. The van der Waals surface area contributed by atoms with Gasteiger partial charge < -0.3 is 13.7 Å². The molecule has 0 atom stereocenters. The van der Waals surface area contributed by atoms with Gasteiger partial charge in [0.25, 0.3) is 0 Å². The molecule has 28 heavy (non-hydrogen) atoms. The van der Waals surface area contributed by atoms with Crippen molar-refractivity contribution in [1.29, 1.82) is 0 Å². The molecule has 0 fully saturated rings. The number of thioether (sulfide) groups is 1. The van der Waals surface area contributed by atoms with Gasteiger partial charge in [0.1, 0.15) is 18.1 Å². The van der Waals surface area contributed by atoms with Crippen molar-refractivity contribution < 1.29 is 9.15 Å². The quantitative estimate of drug-likeness (QED) is 0.427. The summed E-state index contributed by atoms with van der Waals surface area (Å²) in [6.45, 7) is 2.39. The Bertz CT molecular complexity index is 1040. The van der Waals surface area contributed by atoms with Gasteiger partial charge in [0.2, 0.25) is 0 Å². The number of hydrogen-bond donors (Lipinski definition) is 0. The van der Waals surface area contributed by atoms with Gasteiger partial charge in [0, 0.05) is 19.0 Å². The maximum atomic E-state index is 5.78. The average molecular weight is 392 g/mol. The van der Waals surface area contributed by atoms with E-state index in [0.717, 1.165) is 39.5 Å². The molecular weight excluding hydrogens is 372 g/mol. The minimum absolute atomic E-state index is 0.462. The third kappa shape index (κ3) is 4.09. The Morgan fingerprint density at radius 3 is 2.64 bits per heavy atom. The first kappa shape index (κ1) is 18.3. The van der Waals surface area contributed by atoms with E-state index in [1.165, 1.54) is 5.56 Å². The minimum atomic E-state index is 0.462. The molecular formula is C21H20N4O2S. The second kappa shape index (κ2) is 8.31. The number of ether oxygens (including phenoxy) is 1. The van der Waals surface area contributed by atoms with Gasteiger partial charge in [-0.15, -0.1) is 10.2 Å². The van der Waals surface area contributed by atoms with Crippen LogP contribution in [-0.4, -0.2) is 19.7 Å². The maximum Gasteiger partial charge on any atom is 0.191 e. The monoisotopic (exact) mass is 392 g/mol. The van der Waals surface area contributed by atoms with E-state index in [1.807, 2.05) is 54.9 Å². The number of rotatable bonds is 7. The van der Waals surface area contributed by atoms with Crippen LogP contribution in [0.15, 0.2) is 70.6 Å². The van der Waals surface area contributed by atoms with E-state index in [4.69, 9.17) is 9.15 Å². The number of furan rings is 1. The van der Waals surface area contributed by atoms with Crippen molar-refractivity contribution in [2.45, 2.75) is 24.4 Å². The fourth-order valence-electron chi connectivity index (χ4n) is 2.76. The van der Waals surface area contributed by atoms with E-state index in [0.29, 0.717) is 6.61 Å². The molecule has 0 bridgehead atoms. The van der Waals surface area contributed by atoms with Crippen LogP contribution in [0.25, 0.3) is 11.4 Å². The van der Waals surface area contributed by atoms with E-state index < -0.39 is 0 Å². The molecule has 7 heteroatoms. The van der Waals surface area contributed by atoms with Gasteiger partial charge in [0.05, 0.1) is 17.5 Å². The molecule has 0 aliphatic carbocycles. The number of aryl methyl sites for hydroxylation is 1. The summed E-state index contributed by atoms with van der Waals surface area (Å²) in [5.74, 6) is 3.28. The summed E-state index contributed by atoms with van der Waals surface area (Å²) in [7, 11) is 1.97. The minimum Gasteiger partial charge on any atom is -0.487 e. The number of benzene rings is 1. The van der Waals surface area contributed by atoms with Gasteiger partial charge >= 0.3 is 0 Å². The summed E-state index contributed by atoms with van der Waals surface area (Å²) < 4.78 is 13.1.